The van der Waals surface area contributed by atoms with Crippen molar-refractivity contribution in [2.75, 3.05) is 13.2 Å². The van der Waals surface area contributed by atoms with Crippen molar-refractivity contribution in [2.24, 2.45) is 5.92 Å². The van der Waals surface area contributed by atoms with Crippen LogP contribution in [0.2, 0.25) is 0 Å². The van der Waals surface area contributed by atoms with E-state index < -0.39 is 0 Å². The van der Waals surface area contributed by atoms with Crippen molar-refractivity contribution in [1.82, 2.24) is 19.5 Å². The maximum atomic E-state index is 12.3. The van der Waals surface area contributed by atoms with Crippen molar-refractivity contribution in [3.63, 3.8) is 0 Å². The van der Waals surface area contributed by atoms with Crippen LogP contribution >= 0.6 is 0 Å². The van der Waals surface area contributed by atoms with Crippen LogP contribution in [0.1, 0.15) is 18.4 Å². The lowest BCUT2D eigenvalue weighted by Gasteiger charge is -2.21. The zero-order valence-electron chi connectivity index (χ0n) is 13.6. The second-order valence-corrected chi connectivity index (χ2v) is 6.21. The van der Waals surface area contributed by atoms with Crippen LogP contribution in [0.4, 0.5) is 0 Å². The number of imidazole rings is 1. The average molecular weight is 335 g/mol. The Morgan fingerprint density at radius 3 is 2.76 bits per heavy atom. The van der Waals surface area contributed by atoms with E-state index in [1.54, 1.807) is 22.9 Å². The predicted molar refractivity (Wildman–Crippen MR) is 91.8 cm³/mol. The van der Waals surface area contributed by atoms with Crippen molar-refractivity contribution in [3.8, 4) is 17.3 Å². The molecule has 7 nitrogen and oxygen atoms in total. The molecule has 1 saturated heterocycles. The number of aromatic nitrogens is 4. The molecule has 2 aromatic heterocycles. The molecule has 0 aliphatic carbocycles. The highest BCUT2D eigenvalue weighted by molar-refractivity contribution is 5.71. The molecule has 0 radical (unpaired) electrons. The largest absolute Gasteiger partial charge is 0.381 e. The summed E-state index contributed by atoms with van der Waals surface area (Å²) in [7, 11) is 0. The van der Waals surface area contributed by atoms with E-state index in [0.29, 0.717) is 35.0 Å². The fourth-order valence-electron chi connectivity index (χ4n) is 3.13. The topological polar surface area (TPSA) is 96.6 Å². The van der Waals surface area contributed by atoms with E-state index >= 15 is 0 Å². The van der Waals surface area contributed by atoms with Crippen LogP contribution in [0.5, 0.6) is 0 Å². The van der Waals surface area contributed by atoms with Crippen LogP contribution in [0.15, 0.2) is 35.3 Å². The molecule has 1 N–H and O–H groups in total. The first-order chi connectivity index (χ1) is 12.2. The highest BCUT2D eigenvalue weighted by Gasteiger charge is 2.18. The Labute approximate surface area is 143 Å². The van der Waals surface area contributed by atoms with Gasteiger partial charge < -0.3 is 4.74 Å². The first-order valence-corrected chi connectivity index (χ1v) is 8.28. The summed E-state index contributed by atoms with van der Waals surface area (Å²) in [5.74, 6) is 0.408. The molecule has 0 saturated carbocycles. The molecule has 1 aliphatic rings. The minimum Gasteiger partial charge on any atom is -0.381 e. The second-order valence-electron chi connectivity index (χ2n) is 6.21. The molecule has 0 spiro atoms. The van der Waals surface area contributed by atoms with Gasteiger partial charge in [-0.3, -0.25) is 9.55 Å². The summed E-state index contributed by atoms with van der Waals surface area (Å²) in [6.07, 6.45) is 3.53. The number of rotatable bonds is 3. The quantitative estimate of drug-likeness (QED) is 0.790. The monoisotopic (exact) mass is 335 g/mol. The number of ether oxygens (including phenoxy) is 1. The van der Waals surface area contributed by atoms with Gasteiger partial charge in [-0.05, 0) is 30.9 Å². The number of nitriles is 1. The number of aromatic amines is 1. The van der Waals surface area contributed by atoms with Gasteiger partial charge in [-0.2, -0.15) is 5.26 Å². The summed E-state index contributed by atoms with van der Waals surface area (Å²) >= 11 is 0. The zero-order chi connectivity index (χ0) is 17.2. The predicted octanol–water partition coefficient (Wildman–Crippen LogP) is 2.08. The summed E-state index contributed by atoms with van der Waals surface area (Å²) in [4.78, 5) is 24.1. The van der Waals surface area contributed by atoms with Crippen molar-refractivity contribution >= 4 is 11.3 Å². The lowest BCUT2D eigenvalue weighted by molar-refractivity contribution is 0.0613. The van der Waals surface area contributed by atoms with Gasteiger partial charge in [0.15, 0.2) is 11.3 Å². The van der Waals surface area contributed by atoms with Gasteiger partial charge in [-0.15, -0.1) is 0 Å². The summed E-state index contributed by atoms with van der Waals surface area (Å²) < 4.78 is 7.06. The van der Waals surface area contributed by atoms with E-state index in [9.17, 15) is 4.79 Å². The van der Waals surface area contributed by atoms with E-state index in [1.807, 2.05) is 12.1 Å². The number of nitrogens with zero attached hydrogens (tertiary/aromatic N) is 4. The van der Waals surface area contributed by atoms with Gasteiger partial charge in [0.05, 0.1) is 23.5 Å². The molecule has 1 aromatic carbocycles. The molecule has 0 bridgehead atoms. The van der Waals surface area contributed by atoms with Gasteiger partial charge >= 0.3 is 5.69 Å². The minimum atomic E-state index is -0.182. The first kappa shape index (κ1) is 15.5. The van der Waals surface area contributed by atoms with Crippen LogP contribution in [0.25, 0.3) is 22.6 Å². The van der Waals surface area contributed by atoms with Crippen LogP contribution in [0.3, 0.4) is 0 Å². The van der Waals surface area contributed by atoms with Crippen molar-refractivity contribution in [1.29, 1.82) is 5.26 Å². The van der Waals surface area contributed by atoms with E-state index in [2.05, 4.69) is 21.0 Å². The number of nitrogens with one attached hydrogen (secondary N) is 1. The van der Waals surface area contributed by atoms with Gasteiger partial charge in [0, 0.05) is 25.3 Å². The number of hydrogen-bond donors (Lipinski definition) is 1. The maximum absolute atomic E-state index is 12.3. The third-order valence-corrected chi connectivity index (χ3v) is 4.57. The lowest BCUT2D eigenvalue weighted by Crippen LogP contribution is -2.26. The van der Waals surface area contributed by atoms with Gasteiger partial charge in [-0.25, -0.2) is 14.8 Å². The smallest absolute Gasteiger partial charge is 0.328 e. The lowest BCUT2D eigenvalue weighted by atomic mass is 10.0. The third-order valence-electron chi connectivity index (χ3n) is 4.57. The van der Waals surface area contributed by atoms with Crippen molar-refractivity contribution < 1.29 is 4.74 Å². The summed E-state index contributed by atoms with van der Waals surface area (Å²) in [6.45, 7) is 2.10. The van der Waals surface area contributed by atoms with Gasteiger partial charge in [-0.1, -0.05) is 12.1 Å². The summed E-state index contributed by atoms with van der Waals surface area (Å²) in [6, 6.07) is 9.25. The minimum absolute atomic E-state index is 0.182. The number of hydrogen-bond acceptors (Lipinski definition) is 5. The van der Waals surface area contributed by atoms with E-state index in [1.165, 1.54) is 0 Å². The standard InChI is InChI=1S/C18H17N5O2/c19-9-12-1-3-14(4-2-12)15-10-20-16-17(21-15)23(18(24)22-16)11-13-5-7-25-8-6-13/h1-4,10,13H,5-8,11H2,(H,20,22,24). The third kappa shape index (κ3) is 3.04. The van der Waals surface area contributed by atoms with E-state index in [0.717, 1.165) is 31.6 Å². The molecule has 0 unspecified atom stereocenters. The summed E-state index contributed by atoms with van der Waals surface area (Å²) in [5, 5.41) is 8.91. The van der Waals surface area contributed by atoms with Gasteiger partial charge in [0.25, 0.3) is 0 Å². The highest BCUT2D eigenvalue weighted by Crippen LogP contribution is 2.21. The molecule has 1 fully saturated rings. The Morgan fingerprint density at radius 1 is 1.28 bits per heavy atom. The van der Waals surface area contributed by atoms with E-state index in [4.69, 9.17) is 10.00 Å². The fourth-order valence-corrected chi connectivity index (χ4v) is 3.13. The van der Waals surface area contributed by atoms with Crippen LogP contribution in [-0.2, 0) is 11.3 Å². The Balaban J connectivity index is 1.72. The molecule has 0 amide bonds. The molecule has 0 atom stereocenters. The first-order valence-electron chi connectivity index (χ1n) is 8.28. The Bertz CT molecular complexity index is 991. The van der Waals surface area contributed by atoms with Crippen molar-refractivity contribution in [2.45, 2.75) is 19.4 Å². The maximum Gasteiger partial charge on any atom is 0.328 e. The summed E-state index contributed by atoms with van der Waals surface area (Å²) in [5.41, 5.74) is 3.01. The molecule has 25 heavy (non-hydrogen) atoms. The average Bonchev–Trinajstić information content (AvgIpc) is 2.97. The highest BCUT2D eigenvalue weighted by atomic mass is 16.5. The molecular formula is C18H17N5O2. The number of fused-ring (bicyclic) bond motifs is 1. The fraction of sp³-hybridized carbons (Fsp3) is 0.333. The van der Waals surface area contributed by atoms with Gasteiger partial charge in [0.1, 0.15) is 0 Å². The van der Waals surface area contributed by atoms with Gasteiger partial charge in [0.2, 0.25) is 0 Å². The molecule has 7 heteroatoms. The van der Waals surface area contributed by atoms with E-state index in [-0.39, 0.29) is 5.69 Å². The molecule has 4 rings (SSSR count). The molecule has 3 heterocycles. The molecule has 3 aromatic rings. The zero-order valence-corrected chi connectivity index (χ0v) is 13.6. The molecule has 126 valence electrons. The Morgan fingerprint density at radius 2 is 2.04 bits per heavy atom. The number of H-pyrrole nitrogens is 1. The Kier molecular flexibility index (Phi) is 4.04. The van der Waals surface area contributed by atoms with Crippen LogP contribution < -0.4 is 5.69 Å². The van der Waals surface area contributed by atoms with Crippen LogP contribution in [-0.4, -0.2) is 32.7 Å². The van der Waals surface area contributed by atoms with Crippen molar-refractivity contribution in [3.05, 3.63) is 46.5 Å². The van der Waals surface area contributed by atoms with Crippen LogP contribution in [0, 0.1) is 17.2 Å². The second kappa shape index (κ2) is 6.49. The number of benzene rings is 1. The Hall–Kier alpha value is -2.98. The molecular weight excluding hydrogens is 318 g/mol. The molecule has 1 aliphatic heterocycles. The normalized spacial score (nSPS) is 15.3. The SMILES string of the molecule is N#Cc1ccc(-c2cnc3[nH]c(=O)n(CC4CCOCC4)c3n2)cc1.